The van der Waals surface area contributed by atoms with Gasteiger partial charge in [0.2, 0.25) is 0 Å². The van der Waals surface area contributed by atoms with E-state index in [1.807, 2.05) is 30.5 Å². The molecule has 0 aliphatic rings. The van der Waals surface area contributed by atoms with Crippen molar-refractivity contribution in [3.05, 3.63) is 50.7 Å². The topological polar surface area (TPSA) is 29.5 Å². The monoisotopic (exact) mass is 282 g/mol. The van der Waals surface area contributed by atoms with Gasteiger partial charge in [-0.15, -0.1) is 11.3 Å². The normalized spacial score (nSPS) is 12.4. The first-order valence-electron chi connectivity index (χ1n) is 5.65. The number of rotatable bonds is 4. The van der Waals surface area contributed by atoms with Crippen molar-refractivity contribution >= 4 is 22.9 Å². The zero-order chi connectivity index (χ0) is 13.1. The Hall–Kier alpha value is -1.03. The summed E-state index contributed by atoms with van der Waals surface area (Å²) >= 11 is 7.34. The lowest BCUT2D eigenvalue weighted by atomic mass is 10.0. The Bertz CT molecular complexity index is 536. The van der Waals surface area contributed by atoms with Gasteiger partial charge >= 0.3 is 0 Å². The van der Waals surface area contributed by atoms with Crippen molar-refractivity contribution in [1.82, 2.24) is 0 Å². The lowest BCUT2D eigenvalue weighted by Crippen LogP contribution is -2.02. The maximum absolute atomic E-state index is 10.2. The molecule has 0 radical (unpaired) electrons. The lowest BCUT2D eigenvalue weighted by Gasteiger charge is -2.13. The van der Waals surface area contributed by atoms with Gasteiger partial charge < -0.3 is 9.84 Å². The summed E-state index contributed by atoms with van der Waals surface area (Å²) in [7, 11) is 1.64. The largest absolute Gasteiger partial charge is 0.496 e. The van der Waals surface area contributed by atoms with Gasteiger partial charge in [0.05, 0.1) is 18.2 Å². The molecule has 1 N–H and O–H groups in total. The fraction of sp³-hybridized carbons (Fsp3) is 0.286. The van der Waals surface area contributed by atoms with Crippen LogP contribution in [0.2, 0.25) is 5.02 Å². The van der Waals surface area contributed by atoms with Crippen LogP contribution in [0.3, 0.4) is 0 Å². The molecule has 0 fully saturated rings. The summed E-state index contributed by atoms with van der Waals surface area (Å²) in [5.41, 5.74) is 2.16. The van der Waals surface area contributed by atoms with Crippen LogP contribution in [0.25, 0.3) is 0 Å². The predicted octanol–water partition coefficient (Wildman–Crippen LogP) is 3.99. The standard InChI is InChI=1S/C14H15ClO2S/c1-9-3-4-13(17-2)10(5-9)6-12(16)14-7-11(15)8-18-14/h3-5,7-8,12,16H,6H2,1-2H3. The Labute approximate surface area is 116 Å². The summed E-state index contributed by atoms with van der Waals surface area (Å²) in [5, 5.41) is 12.7. The Morgan fingerprint density at radius 2 is 2.17 bits per heavy atom. The van der Waals surface area contributed by atoms with Crippen LogP contribution in [0.5, 0.6) is 5.75 Å². The minimum atomic E-state index is -0.543. The first-order valence-corrected chi connectivity index (χ1v) is 6.91. The van der Waals surface area contributed by atoms with Crippen LogP contribution in [0.15, 0.2) is 29.6 Å². The molecule has 2 nitrogen and oxygen atoms in total. The molecule has 4 heteroatoms. The predicted molar refractivity (Wildman–Crippen MR) is 75.7 cm³/mol. The molecular formula is C14H15ClO2S. The van der Waals surface area contributed by atoms with E-state index >= 15 is 0 Å². The van der Waals surface area contributed by atoms with Crippen molar-refractivity contribution in [1.29, 1.82) is 0 Å². The minimum absolute atomic E-state index is 0.529. The van der Waals surface area contributed by atoms with Crippen molar-refractivity contribution in [3.63, 3.8) is 0 Å². The highest BCUT2D eigenvalue weighted by atomic mass is 35.5. The van der Waals surface area contributed by atoms with Crippen LogP contribution >= 0.6 is 22.9 Å². The molecule has 1 unspecified atom stereocenters. The van der Waals surface area contributed by atoms with Gasteiger partial charge in [0.25, 0.3) is 0 Å². The van der Waals surface area contributed by atoms with E-state index in [9.17, 15) is 5.11 Å². The highest BCUT2D eigenvalue weighted by Gasteiger charge is 2.14. The van der Waals surface area contributed by atoms with Gasteiger partial charge in [0, 0.05) is 16.7 Å². The van der Waals surface area contributed by atoms with E-state index in [-0.39, 0.29) is 0 Å². The highest BCUT2D eigenvalue weighted by molar-refractivity contribution is 7.10. The SMILES string of the molecule is COc1ccc(C)cc1CC(O)c1cc(Cl)cs1. The molecule has 1 aromatic carbocycles. The molecular weight excluding hydrogens is 268 g/mol. The molecule has 18 heavy (non-hydrogen) atoms. The third-order valence-corrected chi connectivity index (χ3v) is 4.15. The van der Waals surface area contributed by atoms with Gasteiger partial charge in [0.1, 0.15) is 5.75 Å². The second-order valence-corrected chi connectivity index (χ2v) is 5.58. The maximum Gasteiger partial charge on any atom is 0.122 e. The maximum atomic E-state index is 10.2. The number of thiophene rings is 1. The van der Waals surface area contributed by atoms with Gasteiger partial charge in [-0.3, -0.25) is 0 Å². The molecule has 2 rings (SSSR count). The van der Waals surface area contributed by atoms with Crippen LogP contribution in [0, 0.1) is 6.92 Å². The van der Waals surface area contributed by atoms with Gasteiger partial charge in [-0.05, 0) is 24.6 Å². The number of methoxy groups -OCH3 is 1. The van der Waals surface area contributed by atoms with Crippen molar-refractivity contribution in [3.8, 4) is 5.75 Å². The Morgan fingerprint density at radius 1 is 1.39 bits per heavy atom. The molecule has 1 heterocycles. The number of ether oxygens (including phenoxy) is 1. The number of aliphatic hydroxyl groups is 1. The minimum Gasteiger partial charge on any atom is -0.496 e. The molecule has 0 saturated heterocycles. The molecule has 0 bridgehead atoms. The third kappa shape index (κ3) is 3.05. The first kappa shape index (κ1) is 13.4. The molecule has 0 aliphatic carbocycles. The van der Waals surface area contributed by atoms with E-state index in [1.165, 1.54) is 11.3 Å². The molecule has 0 saturated carbocycles. The van der Waals surface area contributed by atoms with Crippen LogP contribution in [-0.4, -0.2) is 12.2 Å². The van der Waals surface area contributed by atoms with E-state index in [0.29, 0.717) is 11.4 Å². The van der Waals surface area contributed by atoms with E-state index in [0.717, 1.165) is 21.8 Å². The zero-order valence-corrected chi connectivity index (χ0v) is 11.9. The van der Waals surface area contributed by atoms with Crippen LogP contribution in [0.4, 0.5) is 0 Å². The molecule has 2 aromatic rings. The van der Waals surface area contributed by atoms with Gasteiger partial charge in [-0.25, -0.2) is 0 Å². The Kier molecular flexibility index (Phi) is 4.27. The number of hydrogen-bond acceptors (Lipinski definition) is 3. The molecule has 96 valence electrons. The van der Waals surface area contributed by atoms with Crippen LogP contribution < -0.4 is 4.74 Å². The van der Waals surface area contributed by atoms with Crippen LogP contribution in [-0.2, 0) is 6.42 Å². The second-order valence-electron chi connectivity index (χ2n) is 4.20. The second kappa shape index (κ2) is 5.74. The van der Waals surface area contributed by atoms with E-state index in [4.69, 9.17) is 16.3 Å². The Morgan fingerprint density at radius 3 is 2.78 bits per heavy atom. The molecule has 1 aromatic heterocycles. The third-order valence-electron chi connectivity index (χ3n) is 2.77. The number of aryl methyl sites for hydroxylation is 1. The van der Waals surface area contributed by atoms with Crippen LogP contribution in [0.1, 0.15) is 22.1 Å². The fourth-order valence-electron chi connectivity index (χ4n) is 1.88. The Balaban J connectivity index is 2.20. The summed E-state index contributed by atoms with van der Waals surface area (Å²) in [6, 6.07) is 7.77. The van der Waals surface area contributed by atoms with Crippen molar-refractivity contribution in [2.45, 2.75) is 19.4 Å². The molecule has 1 atom stereocenters. The summed E-state index contributed by atoms with van der Waals surface area (Å²) in [4.78, 5) is 0.878. The van der Waals surface area contributed by atoms with E-state index in [2.05, 4.69) is 0 Å². The average molecular weight is 283 g/mol. The summed E-state index contributed by atoms with van der Waals surface area (Å²) in [5.74, 6) is 0.808. The lowest BCUT2D eigenvalue weighted by molar-refractivity contribution is 0.181. The van der Waals surface area contributed by atoms with E-state index < -0.39 is 6.10 Å². The van der Waals surface area contributed by atoms with E-state index in [1.54, 1.807) is 13.2 Å². The molecule has 0 amide bonds. The number of halogens is 1. The summed E-state index contributed by atoms with van der Waals surface area (Å²) < 4.78 is 5.31. The van der Waals surface area contributed by atoms with Crippen molar-refractivity contribution in [2.24, 2.45) is 0 Å². The smallest absolute Gasteiger partial charge is 0.122 e. The summed E-state index contributed by atoms with van der Waals surface area (Å²) in [6.45, 7) is 2.03. The fourth-order valence-corrected chi connectivity index (χ4v) is 2.95. The number of hydrogen-bond donors (Lipinski definition) is 1. The van der Waals surface area contributed by atoms with Crippen molar-refractivity contribution < 1.29 is 9.84 Å². The number of aliphatic hydroxyl groups excluding tert-OH is 1. The summed E-state index contributed by atoms with van der Waals surface area (Å²) in [6.07, 6.45) is -0.0139. The zero-order valence-electron chi connectivity index (χ0n) is 10.3. The number of benzene rings is 1. The quantitative estimate of drug-likeness (QED) is 0.919. The average Bonchev–Trinajstić information content (AvgIpc) is 2.76. The first-order chi connectivity index (χ1) is 8.60. The van der Waals surface area contributed by atoms with Gasteiger partial charge in [-0.2, -0.15) is 0 Å². The molecule has 0 spiro atoms. The molecule has 0 aliphatic heterocycles. The highest BCUT2D eigenvalue weighted by Crippen LogP contribution is 2.30. The van der Waals surface area contributed by atoms with Gasteiger partial charge in [-0.1, -0.05) is 29.3 Å². The van der Waals surface area contributed by atoms with Gasteiger partial charge in [0.15, 0.2) is 0 Å². The van der Waals surface area contributed by atoms with Crippen molar-refractivity contribution in [2.75, 3.05) is 7.11 Å².